The second kappa shape index (κ2) is 9.84. The second-order valence-electron chi connectivity index (χ2n) is 7.47. The molecule has 0 fully saturated rings. The summed E-state index contributed by atoms with van der Waals surface area (Å²) in [6, 6.07) is 24.9. The average molecular weight is 466 g/mol. The van der Waals surface area contributed by atoms with Crippen LogP contribution in [0.1, 0.15) is 41.4 Å². The van der Waals surface area contributed by atoms with Gasteiger partial charge in [-0.2, -0.15) is 0 Å². The van der Waals surface area contributed by atoms with E-state index in [-0.39, 0.29) is 22.3 Å². The Morgan fingerprint density at radius 2 is 0.686 bits per heavy atom. The van der Waals surface area contributed by atoms with E-state index in [4.69, 9.17) is 4.74 Å². The van der Waals surface area contributed by atoms with E-state index in [0.717, 1.165) is 0 Å². The number of rotatable bonds is 6. The van der Waals surface area contributed by atoms with Gasteiger partial charge in [0.25, 0.3) is 0 Å². The third-order valence-corrected chi connectivity index (χ3v) is 5.37. The SMILES string of the molecule is O=C(O)c1ccccc1-c1ccccc1C(=O)OC(=O)c1ccccc1-c1ccccc1C(=O)O. The highest BCUT2D eigenvalue weighted by Crippen LogP contribution is 2.30. The third-order valence-electron chi connectivity index (χ3n) is 5.37. The number of carboxylic acid groups (broad SMARTS) is 2. The Morgan fingerprint density at radius 1 is 0.429 bits per heavy atom. The van der Waals surface area contributed by atoms with Crippen molar-refractivity contribution >= 4 is 23.9 Å². The molecule has 4 aromatic rings. The lowest BCUT2D eigenvalue weighted by Gasteiger charge is -2.13. The van der Waals surface area contributed by atoms with Crippen LogP contribution in [0.3, 0.4) is 0 Å². The van der Waals surface area contributed by atoms with Crippen LogP contribution in [0.5, 0.6) is 0 Å². The number of aromatic carboxylic acids is 2. The minimum atomic E-state index is -1.16. The van der Waals surface area contributed by atoms with Gasteiger partial charge in [-0.25, -0.2) is 19.2 Å². The standard InChI is InChI=1S/C28H18O7/c29-25(30)21-13-5-1-9-17(21)19-11-3-7-15-23(19)27(33)35-28(34)24-16-8-4-12-20(24)18-10-2-6-14-22(18)26(31)32/h1-16H,(H,29,30)(H,31,32). The lowest BCUT2D eigenvalue weighted by Crippen LogP contribution is -2.15. The zero-order valence-corrected chi connectivity index (χ0v) is 18.2. The molecule has 0 atom stereocenters. The monoisotopic (exact) mass is 466 g/mol. The number of carboxylic acids is 2. The quantitative estimate of drug-likeness (QED) is 0.288. The topological polar surface area (TPSA) is 118 Å². The van der Waals surface area contributed by atoms with Crippen molar-refractivity contribution in [1.82, 2.24) is 0 Å². The van der Waals surface area contributed by atoms with E-state index in [1.165, 1.54) is 24.3 Å². The Labute approximate surface area is 199 Å². The Balaban J connectivity index is 1.71. The van der Waals surface area contributed by atoms with Crippen molar-refractivity contribution in [2.75, 3.05) is 0 Å². The molecule has 35 heavy (non-hydrogen) atoms. The number of ether oxygens (including phenoxy) is 1. The highest BCUT2D eigenvalue weighted by atomic mass is 16.6. The van der Waals surface area contributed by atoms with Crippen molar-refractivity contribution in [3.05, 3.63) is 119 Å². The van der Waals surface area contributed by atoms with E-state index >= 15 is 0 Å². The van der Waals surface area contributed by atoms with E-state index < -0.39 is 23.9 Å². The van der Waals surface area contributed by atoms with Gasteiger partial charge in [-0.1, -0.05) is 72.8 Å². The molecular formula is C28H18O7. The first-order valence-electron chi connectivity index (χ1n) is 10.5. The molecule has 0 aliphatic rings. The number of carbonyl (C=O) groups is 4. The summed E-state index contributed by atoms with van der Waals surface area (Å²) in [6.45, 7) is 0. The van der Waals surface area contributed by atoms with Crippen LogP contribution in [-0.2, 0) is 4.74 Å². The molecule has 0 aliphatic heterocycles. The van der Waals surface area contributed by atoms with Crippen LogP contribution in [0.4, 0.5) is 0 Å². The lowest BCUT2D eigenvalue weighted by atomic mass is 9.95. The fourth-order valence-corrected chi connectivity index (χ4v) is 3.80. The van der Waals surface area contributed by atoms with Gasteiger partial charge >= 0.3 is 23.9 Å². The van der Waals surface area contributed by atoms with Gasteiger partial charge in [0.05, 0.1) is 22.3 Å². The van der Waals surface area contributed by atoms with Gasteiger partial charge in [0.15, 0.2) is 0 Å². The maximum absolute atomic E-state index is 13.0. The Morgan fingerprint density at radius 3 is 1.00 bits per heavy atom. The van der Waals surface area contributed by atoms with Gasteiger partial charge in [0.2, 0.25) is 0 Å². The van der Waals surface area contributed by atoms with Crippen molar-refractivity contribution in [3.8, 4) is 22.3 Å². The second-order valence-corrected chi connectivity index (χ2v) is 7.47. The van der Waals surface area contributed by atoms with Crippen LogP contribution in [0, 0.1) is 0 Å². The van der Waals surface area contributed by atoms with E-state index in [9.17, 15) is 29.4 Å². The molecule has 0 amide bonds. The summed E-state index contributed by atoms with van der Waals surface area (Å²) < 4.78 is 5.17. The average Bonchev–Trinajstić information content (AvgIpc) is 2.88. The summed E-state index contributed by atoms with van der Waals surface area (Å²) in [6.07, 6.45) is 0. The Hall–Kier alpha value is -5.04. The summed E-state index contributed by atoms with van der Waals surface area (Å²) in [7, 11) is 0. The Bertz CT molecular complexity index is 1360. The first-order valence-corrected chi connectivity index (χ1v) is 10.5. The molecule has 0 radical (unpaired) electrons. The van der Waals surface area contributed by atoms with Crippen LogP contribution in [0.25, 0.3) is 22.3 Å². The molecule has 7 nitrogen and oxygen atoms in total. The molecule has 7 heteroatoms. The number of hydrogen-bond donors (Lipinski definition) is 2. The molecular weight excluding hydrogens is 448 g/mol. The fourth-order valence-electron chi connectivity index (χ4n) is 3.80. The molecule has 0 bridgehead atoms. The van der Waals surface area contributed by atoms with Crippen molar-refractivity contribution < 1.29 is 34.1 Å². The highest BCUT2D eigenvalue weighted by molar-refractivity contribution is 6.10. The van der Waals surface area contributed by atoms with Crippen LogP contribution < -0.4 is 0 Å². The smallest absolute Gasteiger partial charge is 0.346 e. The summed E-state index contributed by atoms with van der Waals surface area (Å²) in [4.78, 5) is 49.4. The van der Waals surface area contributed by atoms with Crippen molar-refractivity contribution in [1.29, 1.82) is 0 Å². The highest BCUT2D eigenvalue weighted by Gasteiger charge is 2.24. The number of carbonyl (C=O) groups excluding carboxylic acids is 2. The van der Waals surface area contributed by atoms with Gasteiger partial charge in [0, 0.05) is 0 Å². The van der Waals surface area contributed by atoms with Gasteiger partial charge in [-0.3, -0.25) is 0 Å². The molecule has 0 heterocycles. The van der Waals surface area contributed by atoms with E-state index in [2.05, 4.69) is 0 Å². The minimum absolute atomic E-state index is 0.00491. The molecule has 4 aromatic carbocycles. The van der Waals surface area contributed by atoms with Crippen LogP contribution >= 0.6 is 0 Å². The molecule has 0 aliphatic carbocycles. The first kappa shape index (κ1) is 23.1. The van der Waals surface area contributed by atoms with E-state index in [1.54, 1.807) is 72.8 Å². The number of benzene rings is 4. The van der Waals surface area contributed by atoms with Crippen molar-refractivity contribution in [2.45, 2.75) is 0 Å². The predicted octanol–water partition coefficient (Wildman–Crippen LogP) is 5.41. The Kier molecular flexibility index (Phi) is 6.50. The number of esters is 2. The molecule has 4 rings (SSSR count). The van der Waals surface area contributed by atoms with Crippen LogP contribution in [0.15, 0.2) is 97.1 Å². The largest absolute Gasteiger partial charge is 0.478 e. The zero-order valence-electron chi connectivity index (χ0n) is 18.2. The normalized spacial score (nSPS) is 10.4. The lowest BCUT2D eigenvalue weighted by molar-refractivity contribution is 0.0397. The van der Waals surface area contributed by atoms with Crippen molar-refractivity contribution in [3.63, 3.8) is 0 Å². The first-order chi connectivity index (χ1) is 16.9. The van der Waals surface area contributed by atoms with Gasteiger partial charge in [-0.05, 0) is 46.5 Å². The molecule has 0 aromatic heterocycles. The van der Waals surface area contributed by atoms with Gasteiger partial charge in [-0.15, -0.1) is 0 Å². The minimum Gasteiger partial charge on any atom is -0.478 e. The molecule has 0 unspecified atom stereocenters. The predicted molar refractivity (Wildman–Crippen MR) is 127 cm³/mol. The van der Waals surface area contributed by atoms with Crippen LogP contribution in [-0.4, -0.2) is 34.1 Å². The molecule has 0 saturated carbocycles. The molecule has 0 spiro atoms. The maximum atomic E-state index is 13.0. The zero-order chi connectivity index (χ0) is 24.9. The number of hydrogen-bond acceptors (Lipinski definition) is 5. The summed E-state index contributed by atoms with van der Waals surface area (Å²) >= 11 is 0. The molecule has 0 saturated heterocycles. The third kappa shape index (κ3) is 4.69. The van der Waals surface area contributed by atoms with Crippen molar-refractivity contribution in [2.24, 2.45) is 0 Å². The molecule has 2 N–H and O–H groups in total. The van der Waals surface area contributed by atoms with E-state index in [1.807, 2.05) is 0 Å². The summed E-state index contributed by atoms with van der Waals surface area (Å²) in [5.74, 6) is -4.25. The summed E-state index contributed by atoms with van der Waals surface area (Å²) in [5, 5.41) is 19.1. The molecule has 172 valence electrons. The van der Waals surface area contributed by atoms with Crippen LogP contribution in [0.2, 0.25) is 0 Å². The van der Waals surface area contributed by atoms with Gasteiger partial charge < -0.3 is 14.9 Å². The van der Waals surface area contributed by atoms with Gasteiger partial charge in [0.1, 0.15) is 0 Å². The van der Waals surface area contributed by atoms with E-state index in [0.29, 0.717) is 22.3 Å². The maximum Gasteiger partial charge on any atom is 0.346 e. The fraction of sp³-hybridized carbons (Fsp3) is 0. The summed E-state index contributed by atoms with van der Waals surface area (Å²) in [5.41, 5.74) is 1.22.